The molecule has 0 aliphatic rings. The van der Waals surface area contributed by atoms with E-state index in [-0.39, 0.29) is 12.5 Å². The number of esters is 1. The van der Waals surface area contributed by atoms with Crippen LogP contribution >= 0.6 is 0 Å². The fourth-order valence-electron chi connectivity index (χ4n) is 4.05. The quantitative estimate of drug-likeness (QED) is 0.516. The van der Waals surface area contributed by atoms with E-state index < -0.39 is 0 Å². The zero-order chi connectivity index (χ0) is 19.8. The van der Waals surface area contributed by atoms with Crippen LogP contribution in [-0.2, 0) is 18.3 Å². The molecule has 0 spiro atoms. The third-order valence-corrected chi connectivity index (χ3v) is 5.45. The van der Waals surface area contributed by atoms with Crippen LogP contribution in [0, 0.1) is 6.92 Å². The molecule has 0 radical (unpaired) electrons. The minimum absolute atomic E-state index is 0.280. The van der Waals surface area contributed by atoms with E-state index in [1.54, 1.807) is 0 Å². The Kier molecular flexibility index (Phi) is 4.65. The number of aromatic nitrogens is 1. The van der Waals surface area contributed by atoms with Crippen LogP contribution in [0.3, 0.4) is 0 Å². The van der Waals surface area contributed by atoms with E-state index in [1.165, 1.54) is 21.9 Å². The Labute approximate surface area is 164 Å². The second kappa shape index (κ2) is 7.13. The zero-order valence-electron chi connectivity index (χ0n) is 16.5. The van der Waals surface area contributed by atoms with Gasteiger partial charge in [0.2, 0.25) is 0 Å². The van der Waals surface area contributed by atoms with Gasteiger partial charge in [-0.15, -0.1) is 0 Å². The molecule has 4 aromatic rings. The van der Waals surface area contributed by atoms with Crippen molar-refractivity contribution < 1.29 is 9.53 Å². The molecular formula is C24H24N2O2. The molecule has 0 unspecified atom stereocenters. The van der Waals surface area contributed by atoms with Crippen LogP contribution in [0.4, 0.5) is 0 Å². The maximum absolute atomic E-state index is 12.5. The summed E-state index contributed by atoms with van der Waals surface area (Å²) in [7, 11) is 1.95. The topological polar surface area (TPSA) is 57.2 Å². The van der Waals surface area contributed by atoms with Crippen LogP contribution in [0.25, 0.3) is 32.8 Å². The van der Waals surface area contributed by atoms with Crippen molar-refractivity contribution in [1.82, 2.24) is 4.57 Å². The van der Waals surface area contributed by atoms with Crippen LogP contribution in [0.5, 0.6) is 0 Å². The predicted molar refractivity (Wildman–Crippen MR) is 114 cm³/mol. The molecule has 3 aromatic carbocycles. The third kappa shape index (κ3) is 2.77. The summed E-state index contributed by atoms with van der Waals surface area (Å²) in [6, 6.07) is 19.0. The van der Waals surface area contributed by atoms with Crippen LogP contribution in [0.2, 0.25) is 0 Å². The predicted octanol–water partition coefficient (Wildman–Crippen LogP) is 4.94. The minimum atomic E-state index is -0.318. The van der Waals surface area contributed by atoms with Gasteiger partial charge in [0.25, 0.3) is 0 Å². The lowest BCUT2D eigenvalue weighted by molar-refractivity contribution is 0.0527. The van der Waals surface area contributed by atoms with E-state index in [9.17, 15) is 4.79 Å². The van der Waals surface area contributed by atoms with Crippen molar-refractivity contribution in [2.24, 2.45) is 12.8 Å². The van der Waals surface area contributed by atoms with Crippen LogP contribution in [0.1, 0.15) is 28.5 Å². The summed E-state index contributed by atoms with van der Waals surface area (Å²) in [5.74, 6) is -0.318. The average molecular weight is 372 g/mol. The lowest BCUT2D eigenvalue weighted by atomic mass is 9.95. The van der Waals surface area contributed by atoms with E-state index in [2.05, 4.69) is 55.5 Å². The van der Waals surface area contributed by atoms with Gasteiger partial charge in [-0.25, -0.2) is 4.79 Å². The van der Waals surface area contributed by atoms with Gasteiger partial charge >= 0.3 is 5.97 Å². The van der Waals surface area contributed by atoms with E-state index >= 15 is 0 Å². The average Bonchev–Trinajstić information content (AvgIpc) is 2.99. The molecular weight excluding hydrogens is 348 g/mol. The molecule has 1 heterocycles. The molecule has 0 bridgehead atoms. The Bertz CT molecular complexity index is 1200. The molecule has 0 aliphatic carbocycles. The van der Waals surface area contributed by atoms with Crippen LogP contribution in [-0.4, -0.2) is 17.1 Å². The van der Waals surface area contributed by atoms with E-state index in [0.29, 0.717) is 12.2 Å². The van der Waals surface area contributed by atoms with Crippen molar-refractivity contribution in [1.29, 1.82) is 0 Å². The monoisotopic (exact) mass is 372 g/mol. The molecule has 0 atom stereocenters. The number of hydrogen-bond donors (Lipinski definition) is 1. The number of aryl methyl sites for hydroxylation is 2. The molecule has 2 N–H and O–H groups in total. The highest BCUT2D eigenvalue weighted by Gasteiger charge is 2.21. The highest BCUT2D eigenvalue weighted by Crippen LogP contribution is 2.34. The van der Waals surface area contributed by atoms with E-state index in [4.69, 9.17) is 10.5 Å². The number of carbonyl (C=O) groups excluding carboxylic acids is 1. The summed E-state index contributed by atoms with van der Waals surface area (Å²) >= 11 is 0. The molecule has 0 aliphatic heterocycles. The van der Waals surface area contributed by atoms with Crippen molar-refractivity contribution in [3.8, 4) is 11.1 Å². The molecule has 0 saturated carbocycles. The summed E-state index contributed by atoms with van der Waals surface area (Å²) in [5, 5.41) is 3.35. The van der Waals surface area contributed by atoms with Crippen LogP contribution < -0.4 is 5.73 Å². The van der Waals surface area contributed by atoms with Gasteiger partial charge in [0.15, 0.2) is 0 Å². The summed E-state index contributed by atoms with van der Waals surface area (Å²) in [4.78, 5) is 12.5. The van der Waals surface area contributed by atoms with Crippen LogP contribution in [0.15, 0.2) is 54.6 Å². The third-order valence-electron chi connectivity index (χ3n) is 5.45. The maximum Gasteiger partial charge on any atom is 0.340 e. The maximum atomic E-state index is 12.5. The van der Waals surface area contributed by atoms with Crippen molar-refractivity contribution in [2.45, 2.75) is 20.4 Å². The van der Waals surface area contributed by atoms with Gasteiger partial charge in [0.1, 0.15) is 0 Å². The molecule has 0 amide bonds. The Balaban J connectivity index is 1.96. The van der Waals surface area contributed by atoms with E-state index in [1.807, 2.05) is 24.6 Å². The highest BCUT2D eigenvalue weighted by atomic mass is 16.5. The second-order valence-electron chi connectivity index (χ2n) is 7.01. The normalized spacial score (nSPS) is 11.3. The molecule has 0 fully saturated rings. The molecule has 1 aromatic heterocycles. The number of carbonyl (C=O) groups is 1. The van der Waals surface area contributed by atoms with Crippen molar-refractivity contribution in [2.75, 3.05) is 6.61 Å². The Morgan fingerprint density at radius 2 is 1.79 bits per heavy atom. The van der Waals surface area contributed by atoms with Gasteiger partial charge in [-0.2, -0.15) is 0 Å². The Morgan fingerprint density at radius 3 is 2.54 bits per heavy atom. The fourth-order valence-corrected chi connectivity index (χ4v) is 4.05. The Morgan fingerprint density at radius 1 is 1.04 bits per heavy atom. The summed E-state index contributed by atoms with van der Waals surface area (Å²) in [6.45, 7) is 4.56. The second-order valence-corrected chi connectivity index (χ2v) is 7.01. The first-order chi connectivity index (χ1) is 13.6. The van der Waals surface area contributed by atoms with Gasteiger partial charge in [-0.1, -0.05) is 48.5 Å². The zero-order valence-corrected chi connectivity index (χ0v) is 16.5. The van der Waals surface area contributed by atoms with Crippen molar-refractivity contribution >= 4 is 27.6 Å². The summed E-state index contributed by atoms with van der Waals surface area (Å²) < 4.78 is 7.27. The van der Waals surface area contributed by atoms with Gasteiger partial charge in [0, 0.05) is 30.2 Å². The van der Waals surface area contributed by atoms with Gasteiger partial charge in [-0.05, 0) is 47.4 Å². The first-order valence-corrected chi connectivity index (χ1v) is 9.54. The minimum Gasteiger partial charge on any atom is -0.462 e. The first kappa shape index (κ1) is 18.3. The summed E-state index contributed by atoms with van der Waals surface area (Å²) in [5.41, 5.74) is 11.9. The summed E-state index contributed by atoms with van der Waals surface area (Å²) in [6.07, 6.45) is 0. The van der Waals surface area contributed by atoms with Gasteiger partial charge in [0.05, 0.1) is 12.2 Å². The fraction of sp³-hybridized carbons (Fsp3) is 0.208. The van der Waals surface area contributed by atoms with E-state index in [0.717, 1.165) is 22.2 Å². The number of nitrogens with zero attached hydrogens (tertiary/aromatic N) is 1. The molecule has 4 heteroatoms. The number of hydrogen-bond acceptors (Lipinski definition) is 3. The molecule has 142 valence electrons. The standard InChI is InChI=1S/C24H24N2O2/c1-4-28-24(27)23-20-12-11-16(13-21(20)26(3)22(23)14-25)18-9-6-8-17-15(2)7-5-10-19(17)18/h5-13H,4,14,25H2,1-3H3. The number of nitrogens with two attached hydrogens (primary N) is 1. The number of rotatable bonds is 4. The lowest BCUT2D eigenvalue weighted by Gasteiger charge is -2.10. The van der Waals surface area contributed by atoms with Crippen molar-refractivity contribution in [3.63, 3.8) is 0 Å². The molecule has 4 nitrogen and oxygen atoms in total. The Hall–Kier alpha value is -3.11. The largest absolute Gasteiger partial charge is 0.462 e. The number of ether oxygens (including phenoxy) is 1. The number of benzene rings is 3. The molecule has 28 heavy (non-hydrogen) atoms. The molecule has 4 rings (SSSR count). The lowest BCUT2D eigenvalue weighted by Crippen LogP contribution is -2.12. The van der Waals surface area contributed by atoms with Gasteiger partial charge < -0.3 is 15.0 Å². The first-order valence-electron chi connectivity index (χ1n) is 9.54. The van der Waals surface area contributed by atoms with Gasteiger partial charge in [-0.3, -0.25) is 0 Å². The SMILES string of the molecule is CCOC(=O)c1c(CN)n(C)c2cc(-c3cccc4c(C)cccc34)ccc12. The molecule has 0 saturated heterocycles. The van der Waals surface area contributed by atoms with Crippen molar-refractivity contribution in [3.05, 3.63) is 71.4 Å². The highest BCUT2D eigenvalue weighted by molar-refractivity contribution is 6.08. The smallest absolute Gasteiger partial charge is 0.340 e. The number of fused-ring (bicyclic) bond motifs is 2.